The van der Waals surface area contributed by atoms with Crippen molar-refractivity contribution in [2.24, 2.45) is 0 Å². The van der Waals surface area contributed by atoms with Gasteiger partial charge in [-0.3, -0.25) is 9.69 Å². The molecular weight excluding hydrogens is 276 g/mol. The zero-order valence-corrected chi connectivity index (χ0v) is 12.5. The van der Waals surface area contributed by atoms with Crippen LogP contribution in [0.5, 0.6) is 0 Å². The largest absolute Gasteiger partial charge is 0.387 e. The average Bonchev–Trinajstić information content (AvgIpc) is 2.65. The smallest absolute Gasteiger partial charge is 0.219 e. The Bertz CT molecular complexity index is 450. The molecule has 2 rings (SSSR count). The number of aliphatic hydroxyl groups is 1. The van der Waals surface area contributed by atoms with Crippen LogP contribution < -0.4 is 0 Å². The van der Waals surface area contributed by atoms with Gasteiger partial charge in [0, 0.05) is 44.7 Å². The zero-order chi connectivity index (χ0) is 14.5. The molecule has 0 radical (unpaired) electrons. The number of carbonyl (C=O) groups is 1. The molecule has 20 heavy (non-hydrogen) atoms. The van der Waals surface area contributed by atoms with E-state index in [0.29, 0.717) is 11.6 Å². The third-order valence-electron chi connectivity index (χ3n) is 3.72. The van der Waals surface area contributed by atoms with E-state index in [-0.39, 0.29) is 5.91 Å². The Morgan fingerprint density at radius 3 is 2.60 bits per heavy atom. The van der Waals surface area contributed by atoms with E-state index in [4.69, 9.17) is 11.6 Å². The fourth-order valence-electron chi connectivity index (χ4n) is 2.50. The molecular formula is C15H21ClN2O2. The molecule has 0 aliphatic carbocycles. The van der Waals surface area contributed by atoms with Crippen LogP contribution in [0.15, 0.2) is 24.3 Å². The van der Waals surface area contributed by atoms with Crippen molar-refractivity contribution in [3.05, 3.63) is 34.9 Å². The number of benzene rings is 1. The molecule has 0 saturated carbocycles. The lowest BCUT2D eigenvalue weighted by Crippen LogP contribution is -2.35. The first-order valence-electron chi connectivity index (χ1n) is 6.97. The summed E-state index contributed by atoms with van der Waals surface area (Å²) in [6.45, 7) is 5.47. The molecule has 0 unspecified atom stereocenters. The topological polar surface area (TPSA) is 43.8 Å². The Morgan fingerprint density at radius 1 is 1.25 bits per heavy atom. The number of rotatable bonds is 3. The van der Waals surface area contributed by atoms with Crippen molar-refractivity contribution in [3.63, 3.8) is 0 Å². The van der Waals surface area contributed by atoms with E-state index in [9.17, 15) is 9.90 Å². The summed E-state index contributed by atoms with van der Waals surface area (Å²) in [5.74, 6) is 0.130. The number of β-amino-alcohol motifs (C(OH)–C–C–N with tert-alkyl or cyclic N) is 1. The van der Waals surface area contributed by atoms with Crippen molar-refractivity contribution in [2.45, 2.75) is 19.4 Å². The van der Waals surface area contributed by atoms with E-state index >= 15 is 0 Å². The van der Waals surface area contributed by atoms with Crippen molar-refractivity contribution >= 4 is 17.5 Å². The normalized spacial score (nSPS) is 18.6. The summed E-state index contributed by atoms with van der Waals surface area (Å²) in [4.78, 5) is 15.5. The molecule has 1 amide bonds. The molecule has 1 aliphatic heterocycles. The Labute approximate surface area is 124 Å². The molecule has 110 valence electrons. The number of carbonyl (C=O) groups excluding carboxylic acids is 1. The lowest BCUT2D eigenvalue weighted by atomic mass is 10.1. The number of nitrogens with zero attached hydrogens (tertiary/aromatic N) is 2. The third kappa shape index (κ3) is 4.20. The van der Waals surface area contributed by atoms with E-state index in [1.165, 1.54) is 0 Å². The standard InChI is InChI=1S/C15H21ClN2O2/c1-12(19)18-8-2-7-17(9-10-18)11-15(20)13-3-5-14(16)6-4-13/h3-6,15,20H,2,7-11H2,1H3/t15-/m0/s1. The Kier molecular flexibility index (Phi) is 5.40. The molecule has 0 spiro atoms. The van der Waals surface area contributed by atoms with Gasteiger partial charge in [-0.25, -0.2) is 0 Å². The first-order valence-corrected chi connectivity index (χ1v) is 7.35. The highest BCUT2D eigenvalue weighted by Gasteiger charge is 2.19. The minimum Gasteiger partial charge on any atom is -0.387 e. The minimum absolute atomic E-state index is 0.130. The van der Waals surface area contributed by atoms with Crippen LogP contribution >= 0.6 is 11.6 Å². The summed E-state index contributed by atoms with van der Waals surface area (Å²) in [7, 11) is 0. The summed E-state index contributed by atoms with van der Waals surface area (Å²) >= 11 is 5.85. The summed E-state index contributed by atoms with van der Waals surface area (Å²) in [5.41, 5.74) is 0.877. The van der Waals surface area contributed by atoms with Gasteiger partial charge in [0.05, 0.1) is 6.10 Å². The maximum atomic E-state index is 11.4. The number of hydrogen-bond acceptors (Lipinski definition) is 3. The van der Waals surface area contributed by atoms with Crippen molar-refractivity contribution in [3.8, 4) is 0 Å². The molecule has 1 aliphatic rings. The van der Waals surface area contributed by atoms with Crippen LogP contribution in [0.2, 0.25) is 5.02 Å². The van der Waals surface area contributed by atoms with Gasteiger partial charge in [0.1, 0.15) is 0 Å². The second-order valence-corrected chi connectivity index (χ2v) is 5.66. The molecule has 1 aromatic carbocycles. The monoisotopic (exact) mass is 296 g/mol. The first kappa shape index (κ1) is 15.3. The molecule has 0 bridgehead atoms. The molecule has 1 saturated heterocycles. The van der Waals surface area contributed by atoms with Gasteiger partial charge in [-0.1, -0.05) is 23.7 Å². The second-order valence-electron chi connectivity index (χ2n) is 5.23. The summed E-state index contributed by atoms with van der Waals surface area (Å²) in [5, 5.41) is 10.9. The van der Waals surface area contributed by atoms with E-state index < -0.39 is 6.10 Å². The maximum Gasteiger partial charge on any atom is 0.219 e. The van der Waals surface area contributed by atoms with Gasteiger partial charge < -0.3 is 10.0 Å². The van der Waals surface area contributed by atoms with Gasteiger partial charge in [0.15, 0.2) is 0 Å². The molecule has 4 nitrogen and oxygen atoms in total. The van der Waals surface area contributed by atoms with Gasteiger partial charge in [-0.05, 0) is 24.1 Å². The Balaban J connectivity index is 1.89. The van der Waals surface area contributed by atoms with Crippen molar-refractivity contribution < 1.29 is 9.90 Å². The molecule has 0 aromatic heterocycles. The van der Waals surface area contributed by atoms with Crippen LogP contribution in [-0.2, 0) is 4.79 Å². The molecule has 1 N–H and O–H groups in total. The van der Waals surface area contributed by atoms with Gasteiger partial charge in [0.2, 0.25) is 5.91 Å². The van der Waals surface area contributed by atoms with Crippen LogP contribution in [0.1, 0.15) is 25.0 Å². The van der Waals surface area contributed by atoms with Crippen molar-refractivity contribution in [1.29, 1.82) is 0 Å². The predicted molar refractivity (Wildman–Crippen MR) is 79.7 cm³/mol. The van der Waals surface area contributed by atoms with Crippen LogP contribution in [0.3, 0.4) is 0 Å². The molecule has 1 aromatic rings. The van der Waals surface area contributed by atoms with Crippen LogP contribution in [-0.4, -0.2) is 53.5 Å². The maximum absolute atomic E-state index is 11.4. The van der Waals surface area contributed by atoms with Crippen LogP contribution in [0, 0.1) is 0 Å². The number of aliphatic hydroxyl groups excluding tert-OH is 1. The minimum atomic E-state index is -0.517. The molecule has 5 heteroatoms. The lowest BCUT2D eigenvalue weighted by molar-refractivity contribution is -0.128. The summed E-state index contributed by atoms with van der Waals surface area (Å²) in [6.07, 6.45) is 0.434. The first-order chi connectivity index (χ1) is 9.56. The quantitative estimate of drug-likeness (QED) is 0.927. The average molecular weight is 297 g/mol. The predicted octanol–water partition coefficient (Wildman–Crippen LogP) is 1.93. The third-order valence-corrected chi connectivity index (χ3v) is 3.97. The van der Waals surface area contributed by atoms with E-state index in [1.54, 1.807) is 19.1 Å². The van der Waals surface area contributed by atoms with Gasteiger partial charge >= 0.3 is 0 Å². The number of amides is 1. The van der Waals surface area contributed by atoms with Gasteiger partial charge in [-0.15, -0.1) is 0 Å². The highest BCUT2D eigenvalue weighted by molar-refractivity contribution is 6.30. The fourth-order valence-corrected chi connectivity index (χ4v) is 2.63. The Hall–Kier alpha value is -1.10. The highest BCUT2D eigenvalue weighted by atomic mass is 35.5. The van der Waals surface area contributed by atoms with Crippen LogP contribution in [0.25, 0.3) is 0 Å². The van der Waals surface area contributed by atoms with Gasteiger partial charge in [-0.2, -0.15) is 0 Å². The summed E-state index contributed by atoms with van der Waals surface area (Å²) in [6, 6.07) is 7.29. The molecule has 1 atom stereocenters. The SMILES string of the molecule is CC(=O)N1CCCN(C[C@H](O)c2ccc(Cl)cc2)CC1. The Morgan fingerprint density at radius 2 is 1.95 bits per heavy atom. The summed E-state index contributed by atoms with van der Waals surface area (Å²) < 4.78 is 0. The zero-order valence-electron chi connectivity index (χ0n) is 11.8. The number of halogens is 1. The van der Waals surface area contributed by atoms with Gasteiger partial charge in [0.25, 0.3) is 0 Å². The van der Waals surface area contributed by atoms with E-state index in [1.807, 2.05) is 17.0 Å². The van der Waals surface area contributed by atoms with E-state index in [2.05, 4.69) is 4.90 Å². The highest BCUT2D eigenvalue weighted by Crippen LogP contribution is 2.18. The molecule has 1 heterocycles. The molecule has 1 fully saturated rings. The van der Waals surface area contributed by atoms with Crippen LogP contribution in [0.4, 0.5) is 0 Å². The lowest BCUT2D eigenvalue weighted by Gasteiger charge is -2.23. The second kappa shape index (κ2) is 7.07. The fraction of sp³-hybridized carbons (Fsp3) is 0.533. The van der Waals surface area contributed by atoms with Crippen molar-refractivity contribution in [1.82, 2.24) is 9.80 Å². The number of hydrogen-bond donors (Lipinski definition) is 1. The van der Waals surface area contributed by atoms with Crippen molar-refractivity contribution in [2.75, 3.05) is 32.7 Å². The van der Waals surface area contributed by atoms with E-state index in [0.717, 1.165) is 38.2 Å².